The molecule has 5 heteroatoms. The highest BCUT2D eigenvalue weighted by Gasteiger charge is 2.13. The summed E-state index contributed by atoms with van der Waals surface area (Å²) in [7, 11) is 0. The highest BCUT2D eigenvalue weighted by molar-refractivity contribution is 5.93. The summed E-state index contributed by atoms with van der Waals surface area (Å²) in [6.45, 7) is 5.56. The lowest BCUT2D eigenvalue weighted by Gasteiger charge is -2.18. The van der Waals surface area contributed by atoms with Crippen LogP contribution in [0.5, 0.6) is 0 Å². The molecule has 0 saturated carbocycles. The molecule has 1 saturated heterocycles. The fourth-order valence-electron chi connectivity index (χ4n) is 2.18. The lowest BCUT2D eigenvalue weighted by atomic mass is 10.2. The molecule has 0 radical (unpaired) electrons. The molecular weight excluding hydrogens is 242 g/mol. The molecule has 0 unspecified atom stereocenters. The van der Waals surface area contributed by atoms with Crippen LogP contribution in [0.2, 0.25) is 0 Å². The third-order valence-corrected chi connectivity index (χ3v) is 3.21. The summed E-state index contributed by atoms with van der Waals surface area (Å²) in [6.07, 6.45) is 0.980. The lowest BCUT2D eigenvalue weighted by Crippen LogP contribution is -2.35. The van der Waals surface area contributed by atoms with Crippen molar-refractivity contribution in [1.82, 2.24) is 4.90 Å². The van der Waals surface area contributed by atoms with E-state index in [-0.39, 0.29) is 5.91 Å². The van der Waals surface area contributed by atoms with Gasteiger partial charge in [0, 0.05) is 31.1 Å². The Morgan fingerprint density at radius 3 is 3.05 bits per heavy atom. The zero-order valence-corrected chi connectivity index (χ0v) is 11.3. The first-order valence-electron chi connectivity index (χ1n) is 6.61. The van der Waals surface area contributed by atoms with Gasteiger partial charge in [-0.25, -0.2) is 0 Å². The van der Waals surface area contributed by atoms with E-state index in [1.165, 1.54) is 0 Å². The minimum Gasteiger partial charge on any atom is -0.399 e. The molecule has 1 amide bonds. The first-order chi connectivity index (χ1) is 9.15. The van der Waals surface area contributed by atoms with Crippen LogP contribution >= 0.6 is 0 Å². The highest BCUT2D eigenvalue weighted by Crippen LogP contribution is 2.17. The van der Waals surface area contributed by atoms with E-state index in [9.17, 15) is 4.79 Å². The van der Waals surface area contributed by atoms with Crippen LogP contribution in [0.15, 0.2) is 18.2 Å². The van der Waals surface area contributed by atoms with Gasteiger partial charge in [0.1, 0.15) is 0 Å². The van der Waals surface area contributed by atoms with Gasteiger partial charge < -0.3 is 15.8 Å². The van der Waals surface area contributed by atoms with Crippen LogP contribution in [0, 0.1) is 6.92 Å². The van der Waals surface area contributed by atoms with E-state index >= 15 is 0 Å². The van der Waals surface area contributed by atoms with E-state index in [2.05, 4.69) is 10.2 Å². The van der Waals surface area contributed by atoms with Crippen molar-refractivity contribution < 1.29 is 9.53 Å². The fourth-order valence-corrected chi connectivity index (χ4v) is 2.18. The molecule has 3 N–H and O–H groups in total. The zero-order valence-electron chi connectivity index (χ0n) is 11.3. The average molecular weight is 263 g/mol. The lowest BCUT2D eigenvalue weighted by molar-refractivity contribution is -0.117. The van der Waals surface area contributed by atoms with Crippen LogP contribution in [0.3, 0.4) is 0 Å². The molecular formula is C14H21N3O2. The molecule has 1 aliphatic rings. The van der Waals surface area contributed by atoms with Gasteiger partial charge >= 0.3 is 0 Å². The number of rotatable bonds is 3. The maximum absolute atomic E-state index is 12.0. The number of aryl methyl sites for hydroxylation is 1. The normalized spacial score (nSPS) is 16.9. The number of nitrogen functional groups attached to an aromatic ring is 1. The van der Waals surface area contributed by atoms with Crippen molar-refractivity contribution in [1.29, 1.82) is 0 Å². The summed E-state index contributed by atoms with van der Waals surface area (Å²) in [4.78, 5) is 14.1. The van der Waals surface area contributed by atoms with Gasteiger partial charge in [0.2, 0.25) is 5.91 Å². The van der Waals surface area contributed by atoms with Gasteiger partial charge in [0.15, 0.2) is 0 Å². The molecule has 104 valence electrons. The van der Waals surface area contributed by atoms with Gasteiger partial charge in [0.25, 0.3) is 0 Å². The van der Waals surface area contributed by atoms with E-state index in [0.29, 0.717) is 18.8 Å². The molecule has 0 atom stereocenters. The number of nitrogens with zero attached hydrogens (tertiary/aromatic N) is 1. The third kappa shape index (κ3) is 4.22. The number of nitrogens with one attached hydrogen (secondary N) is 1. The molecule has 19 heavy (non-hydrogen) atoms. The van der Waals surface area contributed by atoms with Crippen molar-refractivity contribution in [2.24, 2.45) is 0 Å². The highest BCUT2D eigenvalue weighted by atomic mass is 16.5. The van der Waals surface area contributed by atoms with Crippen molar-refractivity contribution >= 4 is 17.3 Å². The first kappa shape index (κ1) is 13.8. The molecule has 0 bridgehead atoms. The van der Waals surface area contributed by atoms with Crippen LogP contribution in [-0.4, -0.2) is 43.7 Å². The number of amides is 1. The maximum atomic E-state index is 12.0. The Hall–Kier alpha value is -1.59. The topological polar surface area (TPSA) is 67.6 Å². The van der Waals surface area contributed by atoms with Crippen molar-refractivity contribution in [3.8, 4) is 0 Å². The van der Waals surface area contributed by atoms with Crippen LogP contribution in [-0.2, 0) is 9.53 Å². The van der Waals surface area contributed by atoms with E-state index in [0.717, 1.165) is 37.4 Å². The number of hydrogen-bond acceptors (Lipinski definition) is 4. The molecule has 5 nitrogen and oxygen atoms in total. The summed E-state index contributed by atoms with van der Waals surface area (Å²) < 4.78 is 5.37. The number of benzene rings is 1. The number of carbonyl (C=O) groups excluding carboxylic acids is 1. The molecule has 1 heterocycles. The smallest absolute Gasteiger partial charge is 0.238 e. The van der Waals surface area contributed by atoms with Crippen molar-refractivity contribution in [3.05, 3.63) is 23.8 Å². The average Bonchev–Trinajstić information content (AvgIpc) is 2.61. The standard InChI is InChI=1S/C14H21N3O2/c1-11-9-12(15)3-4-13(11)16-14(18)10-17-5-2-7-19-8-6-17/h3-4,9H,2,5-8,10,15H2,1H3,(H,16,18). The van der Waals surface area contributed by atoms with Crippen molar-refractivity contribution in [2.75, 3.05) is 43.9 Å². The minimum absolute atomic E-state index is 0.00905. The number of ether oxygens (including phenoxy) is 1. The summed E-state index contributed by atoms with van der Waals surface area (Å²) in [6, 6.07) is 5.49. The van der Waals surface area contributed by atoms with Gasteiger partial charge in [-0.2, -0.15) is 0 Å². The molecule has 0 aromatic heterocycles. The van der Waals surface area contributed by atoms with Crippen LogP contribution < -0.4 is 11.1 Å². The van der Waals surface area contributed by atoms with Crippen molar-refractivity contribution in [3.63, 3.8) is 0 Å². The Morgan fingerprint density at radius 2 is 2.26 bits per heavy atom. The summed E-state index contributed by atoms with van der Waals surface area (Å²) in [5.74, 6) is 0.00905. The Kier molecular flexibility index (Phi) is 4.76. The molecule has 1 aromatic carbocycles. The Bertz CT molecular complexity index is 440. The summed E-state index contributed by atoms with van der Waals surface area (Å²) in [5.41, 5.74) is 8.20. The van der Waals surface area contributed by atoms with Gasteiger partial charge in [-0.1, -0.05) is 0 Å². The molecule has 2 rings (SSSR count). The van der Waals surface area contributed by atoms with Gasteiger partial charge in [0.05, 0.1) is 13.2 Å². The summed E-state index contributed by atoms with van der Waals surface area (Å²) in [5, 5.41) is 2.93. The van der Waals surface area contributed by atoms with Crippen LogP contribution in [0.25, 0.3) is 0 Å². The quantitative estimate of drug-likeness (QED) is 0.805. The van der Waals surface area contributed by atoms with E-state index < -0.39 is 0 Å². The molecule has 1 fully saturated rings. The van der Waals surface area contributed by atoms with Crippen molar-refractivity contribution in [2.45, 2.75) is 13.3 Å². The summed E-state index contributed by atoms with van der Waals surface area (Å²) >= 11 is 0. The van der Waals surface area contributed by atoms with E-state index in [1.54, 1.807) is 6.07 Å². The van der Waals surface area contributed by atoms with E-state index in [1.807, 2.05) is 19.1 Å². The van der Waals surface area contributed by atoms with Crippen LogP contribution in [0.1, 0.15) is 12.0 Å². The van der Waals surface area contributed by atoms with Gasteiger partial charge in [-0.3, -0.25) is 9.69 Å². The largest absolute Gasteiger partial charge is 0.399 e. The number of anilines is 2. The molecule has 1 aromatic rings. The van der Waals surface area contributed by atoms with E-state index in [4.69, 9.17) is 10.5 Å². The zero-order chi connectivity index (χ0) is 13.7. The predicted octanol–water partition coefficient (Wildman–Crippen LogP) is 1.24. The number of nitrogens with two attached hydrogens (primary N) is 1. The van der Waals surface area contributed by atoms with Crippen LogP contribution in [0.4, 0.5) is 11.4 Å². The molecule has 1 aliphatic heterocycles. The number of hydrogen-bond donors (Lipinski definition) is 2. The third-order valence-electron chi connectivity index (χ3n) is 3.21. The Morgan fingerprint density at radius 1 is 1.42 bits per heavy atom. The minimum atomic E-state index is 0.00905. The predicted molar refractivity (Wildman–Crippen MR) is 76.1 cm³/mol. The van der Waals surface area contributed by atoms with Gasteiger partial charge in [-0.05, 0) is 37.1 Å². The second-order valence-corrected chi connectivity index (χ2v) is 4.86. The maximum Gasteiger partial charge on any atom is 0.238 e. The SMILES string of the molecule is Cc1cc(N)ccc1NC(=O)CN1CCCOCC1. The molecule has 0 spiro atoms. The second kappa shape index (κ2) is 6.54. The monoisotopic (exact) mass is 263 g/mol. The Labute approximate surface area is 113 Å². The number of carbonyl (C=O) groups is 1. The van der Waals surface area contributed by atoms with Gasteiger partial charge in [-0.15, -0.1) is 0 Å². The Balaban J connectivity index is 1.89. The first-order valence-corrected chi connectivity index (χ1v) is 6.61. The molecule has 0 aliphatic carbocycles. The second-order valence-electron chi connectivity index (χ2n) is 4.86. The fraction of sp³-hybridized carbons (Fsp3) is 0.500.